The van der Waals surface area contributed by atoms with Gasteiger partial charge in [-0.3, -0.25) is 4.79 Å². The van der Waals surface area contributed by atoms with E-state index in [2.05, 4.69) is 20.7 Å². The van der Waals surface area contributed by atoms with Crippen molar-refractivity contribution in [3.8, 4) is 5.75 Å². The molecule has 3 rings (SSSR count). The van der Waals surface area contributed by atoms with Gasteiger partial charge in [0.05, 0.1) is 11.5 Å². The molecule has 6 nitrogen and oxygen atoms in total. The molecule has 0 aliphatic rings. The highest BCUT2D eigenvalue weighted by Gasteiger charge is 2.09. The quantitative estimate of drug-likeness (QED) is 0.282. The SMILES string of the molecule is C/C(=N\NC(=O)CSc1nnc(SCc2ccc(Cl)cc2)s1)c1ccc(O)cc1. The van der Waals surface area contributed by atoms with Gasteiger partial charge in [-0.2, -0.15) is 5.10 Å². The fraction of sp³-hybridized carbons (Fsp3) is 0.158. The third-order valence-corrected chi connectivity index (χ3v) is 7.14. The van der Waals surface area contributed by atoms with Crippen LogP contribution in [0.4, 0.5) is 0 Å². The van der Waals surface area contributed by atoms with E-state index in [0.29, 0.717) is 10.7 Å². The molecule has 0 saturated carbocycles. The maximum atomic E-state index is 12.0. The van der Waals surface area contributed by atoms with Gasteiger partial charge in [-0.1, -0.05) is 58.6 Å². The molecule has 1 aromatic heterocycles. The minimum absolute atomic E-state index is 0.185. The Morgan fingerprint density at radius 1 is 1.10 bits per heavy atom. The molecule has 2 N–H and O–H groups in total. The number of rotatable bonds is 8. The minimum atomic E-state index is -0.223. The number of phenols is 1. The Labute approximate surface area is 185 Å². The summed E-state index contributed by atoms with van der Waals surface area (Å²) in [6.45, 7) is 1.79. The van der Waals surface area contributed by atoms with Crippen LogP contribution in [0.25, 0.3) is 0 Å². The van der Waals surface area contributed by atoms with Crippen LogP contribution in [0.3, 0.4) is 0 Å². The van der Waals surface area contributed by atoms with E-state index in [1.807, 2.05) is 24.3 Å². The van der Waals surface area contributed by atoms with E-state index in [0.717, 1.165) is 25.6 Å². The Kier molecular flexibility index (Phi) is 7.93. The highest BCUT2D eigenvalue weighted by molar-refractivity contribution is 8.03. The number of thioether (sulfide) groups is 2. The highest BCUT2D eigenvalue weighted by Crippen LogP contribution is 2.30. The van der Waals surface area contributed by atoms with Crippen molar-refractivity contribution in [2.75, 3.05) is 5.75 Å². The van der Waals surface area contributed by atoms with Gasteiger partial charge in [-0.05, 0) is 54.4 Å². The van der Waals surface area contributed by atoms with E-state index in [-0.39, 0.29) is 17.4 Å². The van der Waals surface area contributed by atoms with Gasteiger partial charge in [-0.25, -0.2) is 5.43 Å². The molecule has 0 aliphatic heterocycles. The van der Waals surface area contributed by atoms with Crippen molar-refractivity contribution in [1.82, 2.24) is 15.6 Å². The molecule has 1 heterocycles. The first-order valence-corrected chi connectivity index (χ1v) is 11.6. The summed E-state index contributed by atoms with van der Waals surface area (Å²) in [4.78, 5) is 12.0. The normalized spacial score (nSPS) is 11.4. The van der Waals surface area contributed by atoms with E-state index in [9.17, 15) is 9.90 Å². The Hall–Kier alpha value is -2.07. The van der Waals surface area contributed by atoms with Crippen LogP contribution in [0.5, 0.6) is 5.75 Å². The van der Waals surface area contributed by atoms with Gasteiger partial charge < -0.3 is 5.11 Å². The number of phenolic OH excluding ortho intramolecular Hbond substituents is 1. The van der Waals surface area contributed by atoms with Crippen LogP contribution in [-0.4, -0.2) is 32.7 Å². The third-order valence-electron chi connectivity index (χ3n) is 3.62. The highest BCUT2D eigenvalue weighted by atomic mass is 35.5. The number of nitrogens with one attached hydrogen (secondary N) is 1. The van der Waals surface area contributed by atoms with Crippen LogP contribution < -0.4 is 5.43 Å². The first-order valence-electron chi connectivity index (χ1n) is 8.45. The van der Waals surface area contributed by atoms with Gasteiger partial charge in [-0.15, -0.1) is 10.2 Å². The molecule has 3 aromatic rings. The van der Waals surface area contributed by atoms with Gasteiger partial charge in [0, 0.05) is 10.8 Å². The van der Waals surface area contributed by atoms with Crippen molar-refractivity contribution in [3.05, 3.63) is 64.7 Å². The lowest BCUT2D eigenvalue weighted by Crippen LogP contribution is -2.21. The first kappa shape index (κ1) is 21.6. The van der Waals surface area contributed by atoms with E-state index in [1.165, 1.54) is 23.1 Å². The van der Waals surface area contributed by atoms with Gasteiger partial charge in [0.1, 0.15) is 5.75 Å². The molecule has 2 aromatic carbocycles. The summed E-state index contributed by atoms with van der Waals surface area (Å²) in [5, 5.41) is 22.4. The summed E-state index contributed by atoms with van der Waals surface area (Å²) in [6.07, 6.45) is 0. The first-order chi connectivity index (χ1) is 14.0. The summed E-state index contributed by atoms with van der Waals surface area (Å²) in [5.41, 5.74) is 5.16. The summed E-state index contributed by atoms with van der Waals surface area (Å²) in [5.74, 6) is 0.939. The molecule has 0 atom stereocenters. The fourth-order valence-electron chi connectivity index (χ4n) is 2.11. The molecule has 0 aliphatic carbocycles. The molecular weight excluding hydrogens is 448 g/mol. The Morgan fingerprint density at radius 3 is 2.45 bits per heavy atom. The van der Waals surface area contributed by atoms with Gasteiger partial charge in [0.2, 0.25) is 0 Å². The van der Waals surface area contributed by atoms with Crippen molar-refractivity contribution in [1.29, 1.82) is 0 Å². The zero-order valence-corrected chi connectivity index (χ0v) is 18.5. The number of aromatic nitrogens is 2. The van der Waals surface area contributed by atoms with Crippen LogP contribution in [0.15, 0.2) is 62.3 Å². The summed E-state index contributed by atoms with van der Waals surface area (Å²) in [7, 11) is 0. The van der Waals surface area contributed by atoms with Crippen molar-refractivity contribution in [3.63, 3.8) is 0 Å². The number of amides is 1. The average Bonchev–Trinajstić information content (AvgIpc) is 3.18. The summed E-state index contributed by atoms with van der Waals surface area (Å²) in [6, 6.07) is 14.3. The van der Waals surface area contributed by atoms with Crippen molar-refractivity contribution < 1.29 is 9.90 Å². The zero-order chi connectivity index (χ0) is 20.6. The molecule has 1 amide bonds. The predicted molar refractivity (Wildman–Crippen MR) is 120 cm³/mol. The molecule has 0 radical (unpaired) electrons. The second-order valence-electron chi connectivity index (χ2n) is 5.82. The monoisotopic (exact) mass is 464 g/mol. The van der Waals surface area contributed by atoms with Crippen molar-refractivity contribution in [2.24, 2.45) is 5.10 Å². The number of nitrogens with zero attached hydrogens (tertiary/aromatic N) is 3. The molecule has 150 valence electrons. The minimum Gasteiger partial charge on any atom is -0.508 e. The fourth-order valence-corrected chi connectivity index (χ4v) is 5.01. The summed E-state index contributed by atoms with van der Waals surface area (Å²) >= 11 is 10.3. The number of hydrogen-bond donors (Lipinski definition) is 2. The van der Waals surface area contributed by atoms with E-state index in [1.54, 1.807) is 43.0 Å². The number of halogens is 1. The second kappa shape index (κ2) is 10.6. The molecular formula is C19H17ClN4O2S3. The number of carbonyl (C=O) groups excluding carboxylic acids is 1. The topological polar surface area (TPSA) is 87.5 Å². The standard InChI is InChI=1S/C19H17ClN4O2S3/c1-12(14-4-8-16(25)9-5-14)21-22-17(26)11-28-19-24-23-18(29-19)27-10-13-2-6-15(20)7-3-13/h2-9,25H,10-11H2,1H3,(H,22,26)/b21-12+. The van der Waals surface area contributed by atoms with E-state index in [4.69, 9.17) is 11.6 Å². The van der Waals surface area contributed by atoms with Crippen LogP contribution >= 0.6 is 46.5 Å². The number of aromatic hydroxyl groups is 1. The average molecular weight is 465 g/mol. The smallest absolute Gasteiger partial charge is 0.250 e. The van der Waals surface area contributed by atoms with Crippen LogP contribution in [0.1, 0.15) is 18.1 Å². The van der Waals surface area contributed by atoms with Gasteiger partial charge in [0.25, 0.3) is 5.91 Å². The molecule has 0 spiro atoms. The second-order valence-corrected chi connectivity index (χ2v) is 9.68. The number of hydrazone groups is 1. The van der Waals surface area contributed by atoms with Crippen LogP contribution in [0, 0.1) is 0 Å². The van der Waals surface area contributed by atoms with Crippen LogP contribution in [-0.2, 0) is 10.5 Å². The number of carbonyl (C=O) groups is 1. The lowest BCUT2D eigenvalue weighted by atomic mass is 10.1. The van der Waals surface area contributed by atoms with Crippen molar-refractivity contribution >= 4 is 58.1 Å². The van der Waals surface area contributed by atoms with Crippen molar-refractivity contribution in [2.45, 2.75) is 21.4 Å². The lowest BCUT2D eigenvalue weighted by molar-refractivity contribution is -0.118. The molecule has 0 bridgehead atoms. The number of benzene rings is 2. The molecule has 29 heavy (non-hydrogen) atoms. The van der Waals surface area contributed by atoms with E-state index >= 15 is 0 Å². The molecule has 0 unspecified atom stereocenters. The third kappa shape index (κ3) is 7.04. The Morgan fingerprint density at radius 2 is 1.76 bits per heavy atom. The molecule has 0 saturated heterocycles. The van der Waals surface area contributed by atoms with Gasteiger partial charge >= 0.3 is 0 Å². The number of hydrogen-bond acceptors (Lipinski definition) is 8. The Bertz CT molecular complexity index is 991. The van der Waals surface area contributed by atoms with E-state index < -0.39 is 0 Å². The Balaban J connectivity index is 1.43. The molecule has 10 heteroatoms. The summed E-state index contributed by atoms with van der Waals surface area (Å²) < 4.78 is 1.59. The lowest BCUT2D eigenvalue weighted by Gasteiger charge is -2.02. The molecule has 0 fully saturated rings. The maximum absolute atomic E-state index is 12.0. The van der Waals surface area contributed by atoms with Gasteiger partial charge in [0.15, 0.2) is 8.68 Å². The largest absolute Gasteiger partial charge is 0.508 e. The maximum Gasteiger partial charge on any atom is 0.250 e. The predicted octanol–water partition coefficient (Wildman–Crippen LogP) is 4.82. The zero-order valence-electron chi connectivity index (χ0n) is 15.3. The van der Waals surface area contributed by atoms with Crippen LogP contribution in [0.2, 0.25) is 5.02 Å².